The van der Waals surface area contributed by atoms with Crippen molar-refractivity contribution in [3.63, 3.8) is 0 Å². The molecule has 210 valence electrons. The van der Waals surface area contributed by atoms with Gasteiger partial charge in [-0.25, -0.2) is 0 Å². The maximum Gasteiger partial charge on any atom is 0.135 e. The zero-order valence-electron chi connectivity index (χ0n) is 24.2. The van der Waals surface area contributed by atoms with Crippen LogP contribution in [0.3, 0.4) is 0 Å². The minimum absolute atomic E-state index is 0.627. The first-order valence-corrected chi connectivity index (χ1v) is 15.0. The summed E-state index contributed by atoms with van der Waals surface area (Å²) in [4.78, 5) is 2.29. The first-order chi connectivity index (χ1) is 22.3. The number of benzene rings is 7. The molecule has 1 aromatic heterocycles. The third-order valence-electron chi connectivity index (χ3n) is 8.80. The van der Waals surface area contributed by atoms with Crippen molar-refractivity contribution < 1.29 is 4.74 Å². The molecule has 2 heterocycles. The van der Waals surface area contributed by atoms with Crippen LogP contribution in [0.1, 0.15) is 5.56 Å². The van der Waals surface area contributed by atoms with E-state index in [-0.39, 0.29) is 0 Å². The van der Waals surface area contributed by atoms with Crippen molar-refractivity contribution in [3.05, 3.63) is 157 Å². The monoisotopic (exact) mass is 575 g/mol. The van der Waals surface area contributed by atoms with E-state index in [1.54, 1.807) is 0 Å². The lowest BCUT2D eigenvalue weighted by atomic mass is 9.93. The molecule has 1 aliphatic heterocycles. The maximum absolute atomic E-state index is 9.55. The summed E-state index contributed by atoms with van der Waals surface area (Å²) in [7, 11) is 0. The van der Waals surface area contributed by atoms with Crippen LogP contribution in [-0.2, 0) is 0 Å². The topological polar surface area (TPSA) is 41.2 Å². The van der Waals surface area contributed by atoms with Gasteiger partial charge in [0.05, 0.1) is 28.4 Å². The van der Waals surface area contributed by atoms with Gasteiger partial charge in [-0.3, -0.25) is 0 Å². The molecule has 0 amide bonds. The summed E-state index contributed by atoms with van der Waals surface area (Å²) in [5.41, 5.74) is 9.35. The molecular weight excluding hydrogens is 550 g/mol. The highest BCUT2D eigenvalue weighted by molar-refractivity contribution is 6.13. The molecule has 0 unspecified atom stereocenters. The Bertz CT molecular complexity index is 2470. The van der Waals surface area contributed by atoms with Gasteiger partial charge in [-0.05, 0) is 84.4 Å². The van der Waals surface area contributed by atoms with Crippen LogP contribution < -0.4 is 9.64 Å². The second kappa shape index (κ2) is 9.87. The fourth-order valence-corrected chi connectivity index (χ4v) is 6.83. The summed E-state index contributed by atoms with van der Waals surface area (Å²) in [6.45, 7) is 0. The van der Waals surface area contributed by atoms with Crippen LogP contribution in [0, 0.1) is 11.3 Å². The highest BCUT2D eigenvalue weighted by Crippen LogP contribution is 2.50. The van der Waals surface area contributed by atoms with E-state index in [1.165, 1.54) is 10.8 Å². The number of fused-ring (bicyclic) bond motifs is 5. The third-order valence-corrected chi connectivity index (χ3v) is 8.80. The molecule has 0 atom stereocenters. The first kappa shape index (κ1) is 25.2. The highest BCUT2D eigenvalue weighted by Gasteiger charge is 2.24. The third kappa shape index (κ3) is 3.85. The molecule has 1 aliphatic rings. The quantitative estimate of drug-likeness (QED) is 0.210. The average Bonchev–Trinajstić information content (AvgIpc) is 3.44. The second-order valence-electron chi connectivity index (χ2n) is 11.3. The van der Waals surface area contributed by atoms with Gasteiger partial charge >= 0.3 is 0 Å². The van der Waals surface area contributed by atoms with E-state index in [0.29, 0.717) is 5.56 Å². The number of para-hydroxylation sites is 3. The Labute approximate surface area is 260 Å². The van der Waals surface area contributed by atoms with Crippen LogP contribution in [0.15, 0.2) is 152 Å². The lowest BCUT2D eigenvalue weighted by molar-refractivity contribution is 0.487. The molecule has 45 heavy (non-hydrogen) atoms. The van der Waals surface area contributed by atoms with Crippen molar-refractivity contribution in [1.29, 1.82) is 5.26 Å². The minimum atomic E-state index is 0.627. The number of aromatic nitrogens is 1. The van der Waals surface area contributed by atoms with Crippen molar-refractivity contribution in [2.75, 3.05) is 4.90 Å². The van der Waals surface area contributed by atoms with Crippen LogP contribution in [-0.4, -0.2) is 4.57 Å². The van der Waals surface area contributed by atoms with Crippen LogP contribution in [0.5, 0.6) is 11.5 Å². The molecule has 0 saturated carbocycles. The van der Waals surface area contributed by atoms with Gasteiger partial charge < -0.3 is 14.2 Å². The summed E-state index contributed by atoms with van der Waals surface area (Å²) in [5.74, 6) is 1.72. The number of rotatable bonds is 4. The molecule has 0 radical (unpaired) electrons. The van der Waals surface area contributed by atoms with Crippen LogP contribution in [0.2, 0.25) is 0 Å². The van der Waals surface area contributed by atoms with Gasteiger partial charge in [0.2, 0.25) is 0 Å². The fourth-order valence-electron chi connectivity index (χ4n) is 6.83. The van der Waals surface area contributed by atoms with E-state index in [0.717, 1.165) is 67.2 Å². The zero-order chi connectivity index (χ0) is 29.9. The summed E-state index contributed by atoms with van der Waals surface area (Å²) in [6.07, 6.45) is 0. The molecular formula is C41H25N3O. The van der Waals surface area contributed by atoms with E-state index in [2.05, 4.69) is 125 Å². The number of anilines is 3. The standard InChI is InChI=1S/C41H25N3O/c42-26-27-17-19-29(20-18-27)43(37-24-22-33-32-12-5-7-15-39(32)45-40-16-8-13-34(37)41(33)40)30-21-23-38-35(25-30)31-11-4-6-14-36(31)44(38)28-9-2-1-3-10-28/h1-25H. The summed E-state index contributed by atoms with van der Waals surface area (Å²) in [6, 6.07) is 54.8. The Hall–Kier alpha value is -6.31. The van der Waals surface area contributed by atoms with Crippen molar-refractivity contribution in [1.82, 2.24) is 4.57 Å². The predicted molar refractivity (Wildman–Crippen MR) is 183 cm³/mol. The Morgan fingerprint density at radius 1 is 0.533 bits per heavy atom. The second-order valence-corrected chi connectivity index (χ2v) is 11.3. The summed E-state index contributed by atoms with van der Waals surface area (Å²) in [5, 5.41) is 14.1. The molecule has 4 nitrogen and oxygen atoms in total. The minimum Gasteiger partial charge on any atom is -0.456 e. The Kier molecular flexibility index (Phi) is 5.53. The molecule has 0 bridgehead atoms. The summed E-state index contributed by atoms with van der Waals surface area (Å²) < 4.78 is 8.75. The molecule has 0 saturated heterocycles. The van der Waals surface area contributed by atoms with E-state index in [1.807, 2.05) is 42.5 Å². The number of nitrogens with zero attached hydrogens (tertiary/aromatic N) is 3. The Morgan fingerprint density at radius 3 is 2.11 bits per heavy atom. The van der Waals surface area contributed by atoms with Gasteiger partial charge in [-0.1, -0.05) is 72.8 Å². The van der Waals surface area contributed by atoms with Crippen molar-refractivity contribution >= 4 is 49.6 Å². The van der Waals surface area contributed by atoms with E-state index < -0.39 is 0 Å². The number of hydrogen-bond donors (Lipinski definition) is 0. The number of ether oxygens (including phenoxy) is 1. The number of hydrogen-bond acceptors (Lipinski definition) is 3. The van der Waals surface area contributed by atoms with Crippen molar-refractivity contribution in [2.45, 2.75) is 0 Å². The van der Waals surface area contributed by atoms with E-state index >= 15 is 0 Å². The SMILES string of the molecule is N#Cc1ccc(N(c2ccc3c(c2)c2ccccc2n3-c2ccccc2)c2ccc3c4c(cccc24)Oc2ccccc2-3)cc1. The Balaban J connectivity index is 1.31. The lowest BCUT2D eigenvalue weighted by Crippen LogP contribution is -2.11. The van der Waals surface area contributed by atoms with E-state index in [9.17, 15) is 5.26 Å². The fraction of sp³-hybridized carbons (Fsp3) is 0. The Morgan fingerprint density at radius 2 is 1.24 bits per heavy atom. The molecule has 7 aromatic carbocycles. The predicted octanol–water partition coefficient (Wildman–Crippen LogP) is 11.1. The van der Waals surface area contributed by atoms with Crippen LogP contribution >= 0.6 is 0 Å². The van der Waals surface area contributed by atoms with Crippen molar-refractivity contribution in [2.24, 2.45) is 0 Å². The molecule has 9 rings (SSSR count). The van der Waals surface area contributed by atoms with Gasteiger partial charge in [0.15, 0.2) is 0 Å². The molecule has 0 N–H and O–H groups in total. The van der Waals surface area contributed by atoms with Gasteiger partial charge in [-0.2, -0.15) is 5.26 Å². The number of nitriles is 1. The van der Waals surface area contributed by atoms with E-state index in [4.69, 9.17) is 4.74 Å². The van der Waals surface area contributed by atoms with Gasteiger partial charge in [0.1, 0.15) is 11.5 Å². The molecule has 8 aromatic rings. The van der Waals surface area contributed by atoms with Crippen molar-refractivity contribution in [3.8, 4) is 34.4 Å². The smallest absolute Gasteiger partial charge is 0.135 e. The largest absolute Gasteiger partial charge is 0.456 e. The normalized spacial score (nSPS) is 11.7. The van der Waals surface area contributed by atoms with Crippen LogP contribution in [0.25, 0.3) is 49.4 Å². The van der Waals surface area contributed by atoms with Gasteiger partial charge in [0.25, 0.3) is 0 Å². The molecule has 4 heteroatoms. The summed E-state index contributed by atoms with van der Waals surface area (Å²) >= 11 is 0. The van der Waals surface area contributed by atoms with Crippen LogP contribution in [0.4, 0.5) is 17.1 Å². The highest BCUT2D eigenvalue weighted by atomic mass is 16.5. The average molecular weight is 576 g/mol. The molecule has 0 fully saturated rings. The van der Waals surface area contributed by atoms with Gasteiger partial charge in [0, 0.05) is 44.2 Å². The first-order valence-electron chi connectivity index (χ1n) is 15.0. The van der Waals surface area contributed by atoms with Gasteiger partial charge in [-0.15, -0.1) is 0 Å². The molecule has 0 spiro atoms. The lowest BCUT2D eigenvalue weighted by Gasteiger charge is -2.29. The maximum atomic E-state index is 9.55. The zero-order valence-corrected chi connectivity index (χ0v) is 24.2. The molecule has 0 aliphatic carbocycles.